The first-order valence-electron chi connectivity index (χ1n) is 7.29. The van der Waals surface area contributed by atoms with E-state index in [9.17, 15) is 4.79 Å². The Bertz CT molecular complexity index is 422. The molecule has 20 heavy (non-hydrogen) atoms. The number of rotatable bonds is 7. The molecule has 1 aromatic carbocycles. The van der Waals surface area contributed by atoms with Crippen LogP contribution >= 0.6 is 0 Å². The van der Waals surface area contributed by atoms with Gasteiger partial charge in [0.15, 0.2) is 0 Å². The van der Waals surface area contributed by atoms with Crippen LogP contribution in [0.25, 0.3) is 0 Å². The Morgan fingerprint density at radius 1 is 1.40 bits per heavy atom. The van der Waals surface area contributed by atoms with Gasteiger partial charge in [-0.05, 0) is 31.7 Å². The number of carbonyl (C=O) groups excluding carboxylic acids is 1. The van der Waals surface area contributed by atoms with E-state index >= 15 is 0 Å². The first-order chi connectivity index (χ1) is 9.72. The molecular weight excluding hydrogens is 252 g/mol. The summed E-state index contributed by atoms with van der Waals surface area (Å²) in [6.45, 7) is 3.43. The number of aryl methyl sites for hydroxylation is 1. The van der Waals surface area contributed by atoms with Crippen LogP contribution in [0.15, 0.2) is 30.3 Å². The third-order valence-corrected chi connectivity index (χ3v) is 3.93. The second-order valence-corrected chi connectivity index (χ2v) is 5.38. The fourth-order valence-electron chi connectivity index (χ4n) is 2.57. The number of benzene rings is 1. The predicted octanol–water partition coefficient (Wildman–Crippen LogP) is 1.80. The van der Waals surface area contributed by atoms with Crippen LogP contribution in [0.4, 0.5) is 0 Å². The van der Waals surface area contributed by atoms with Crippen LogP contribution in [0.5, 0.6) is 0 Å². The maximum atomic E-state index is 12.4. The van der Waals surface area contributed by atoms with Crippen molar-refractivity contribution in [2.24, 2.45) is 0 Å². The molecule has 0 spiro atoms. The Balaban J connectivity index is 1.82. The van der Waals surface area contributed by atoms with Gasteiger partial charge in [-0.25, -0.2) is 0 Å². The Morgan fingerprint density at radius 3 is 2.85 bits per heavy atom. The topological polar surface area (TPSA) is 41.6 Å². The van der Waals surface area contributed by atoms with E-state index < -0.39 is 0 Å². The van der Waals surface area contributed by atoms with Gasteiger partial charge in [0.1, 0.15) is 0 Å². The normalized spacial score (nSPS) is 20.4. The zero-order valence-corrected chi connectivity index (χ0v) is 12.3. The van der Waals surface area contributed by atoms with E-state index in [2.05, 4.69) is 24.4 Å². The Hall–Kier alpha value is -1.39. The van der Waals surface area contributed by atoms with Gasteiger partial charge in [-0.3, -0.25) is 10.1 Å². The van der Waals surface area contributed by atoms with Crippen LogP contribution in [0.3, 0.4) is 0 Å². The summed E-state index contributed by atoms with van der Waals surface area (Å²) in [6, 6.07) is 10.5. The zero-order valence-electron chi connectivity index (χ0n) is 12.3. The van der Waals surface area contributed by atoms with Gasteiger partial charge >= 0.3 is 0 Å². The molecule has 4 heteroatoms. The predicted molar refractivity (Wildman–Crippen MR) is 79.4 cm³/mol. The molecule has 2 rings (SSSR count). The van der Waals surface area contributed by atoms with Crippen molar-refractivity contribution >= 4 is 5.91 Å². The van der Waals surface area contributed by atoms with Crippen molar-refractivity contribution < 1.29 is 9.53 Å². The summed E-state index contributed by atoms with van der Waals surface area (Å²) in [4.78, 5) is 14.3. The lowest BCUT2D eigenvalue weighted by atomic mass is 10.0. The second-order valence-electron chi connectivity index (χ2n) is 5.38. The highest BCUT2D eigenvalue weighted by atomic mass is 16.5. The molecule has 2 unspecified atom stereocenters. The highest BCUT2D eigenvalue weighted by Gasteiger charge is 2.33. The number of amides is 1. The molecular formula is C16H24N2O2. The van der Waals surface area contributed by atoms with E-state index in [4.69, 9.17) is 4.74 Å². The minimum Gasteiger partial charge on any atom is -0.385 e. The molecule has 4 nitrogen and oxygen atoms in total. The van der Waals surface area contributed by atoms with Crippen molar-refractivity contribution in [1.29, 1.82) is 0 Å². The monoisotopic (exact) mass is 276 g/mol. The number of carbonyl (C=O) groups is 1. The van der Waals surface area contributed by atoms with Gasteiger partial charge in [0.05, 0.1) is 12.7 Å². The number of hydrogen-bond acceptors (Lipinski definition) is 3. The maximum Gasteiger partial charge on any atom is 0.241 e. The minimum atomic E-state index is -0.0415. The Labute approximate surface area is 121 Å². The number of nitrogens with zero attached hydrogens (tertiary/aromatic N) is 1. The van der Waals surface area contributed by atoms with E-state index in [0.29, 0.717) is 13.3 Å². The van der Waals surface area contributed by atoms with Crippen LogP contribution in [-0.2, 0) is 16.0 Å². The molecule has 0 radical (unpaired) electrons. The van der Waals surface area contributed by atoms with E-state index in [1.807, 2.05) is 23.1 Å². The van der Waals surface area contributed by atoms with Crippen molar-refractivity contribution in [3.63, 3.8) is 0 Å². The number of methoxy groups -OCH3 is 1. The van der Waals surface area contributed by atoms with Gasteiger partial charge in [-0.2, -0.15) is 0 Å². The standard InChI is InChI=1S/C16H24N2O2/c1-13(10-11-20-2)18-12-17-15(16(18)19)9-8-14-6-4-3-5-7-14/h3-7,13,15,17H,8-12H2,1-2H3. The van der Waals surface area contributed by atoms with E-state index in [1.165, 1.54) is 5.56 Å². The first kappa shape index (κ1) is 15.0. The third kappa shape index (κ3) is 3.81. The molecule has 1 fully saturated rings. The molecule has 1 aromatic rings. The summed E-state index contributed by atoms with van der Waals surface area (Å²) in [5.41, 5.74) is 1.29. The molecule has 2 atom stereocenters. The highest BCUT2D eigenvalue weighted by molar-refractivity contribution is 5.84. The molecule has 1 aliphatic heterocycles. The van der Waals surface area contributed by atoms with E-state index in [1.54, 1.807) is 7.11 Å². The Morgan fingerprint density at radius 2 is 2.15 bits per heavy atom. The molecule has 1 aliphatic rings. The molecule has 0 aromatic heterocycles. The van der Waals surface area contributed by atoms with Gasteiger partial charge in [0.25, 0.3) is 0 Å². The lowest BCUT2D eigenvalue weighted by molar-refractivity contribution is -0.130. The average molecular weight is 276 g/mol. The first-order valence-corrected chi connectivity index (χ1v) is 7.29. The summed E-state index contributed by atoms with van der Waals surface area (Å²) >= 11 is 0. The largest absolute Gasteiger partial charge is 0.385 e. The molecule has 110 valence electrons. The summed E-state index contributed by atoms with van der Waals surface area (Å²) < 4.78 is 5.08. The molecule has 1 N–H and O–H groups in total. The SMILES string of the molecule is COCCC(C)N1CNC(CCc2ccccc2)C1=O. The lowest BCUT2D eigenvalue weighted by Gasteiger charge is -2.23. The van der Waals surface area contributed by atoms with Crippen LogP contribution in [0.2, 0.25) is 0 Å². The number of ether oxygens (including phenoxy) is 1. The van der Waals surface area contributed by atoms with Crippen molar-refractivity contribution in [3.8, 4) is 0 Å². The van der Waals surface area contributed by atoms with E-state index in [-0.39, 0.29) is 18.0 Å². The maximum absolute atomic E-state index is 12.4. The van der Waals surface area contributed by atoms with Crippen LogP contribution < -0.4 is 5.32 Å². The quantitative estimate of drug-likeness (QED) is 0.825. The fourth-order valence-corrected chi connectivity index (χ4v) is 2.57. The zero-order chi connectivity index (χ0) is 14.4. The molecule has 0 saturated carbocycles. The lowest BCUT2D eigenvalue weighted by Crippen LogP contribution is -2.37. The minimum absolute atomic E-state index is 0.0415. The van der Waals surface area contributed by atoms with Gasteiger partial charge < -0.3 is 9.64 Å². The fraction of sp³-hybridized carbons (Fsp3) is 0.562. The van der Waals surface area contributed by atoms with Crippen molar-refractivity contribution in [3.05, 3.63) is 35.9 Å². The van der Waals surface area contributed by atoms with Crippen molar-refractivity contribution in [2.75, 3.05) is 20.4 Å². The third-order valence-electron chi connectivity index (χ3n) is 3.93. The molecule has 1 saturated heterocycles. The summed E-state index contributed by atoms with van der Waals surface area (Å²) in [5.74, 6) is 0.226. The summed E-state index contributed by atoms with van der Waals surface area (Å²) in [6.07, 6.45) is 2.68. The van der Waals surface area contributed by atoms with Gasteiger partial charge in [0, 0.05) is 19.8 Å². The van der Waals surface area contributed by atoms with Gasteiger partial charge in [-0.15, -0.1) is 0 Å². The van der Waals surface area contributed by atoms with E-state index in [0.717, 1.165) is 19.3 Å². The van der Waals surface area contributed by atoms with Crippen LogP contribution in [0.1, 0.15) is 25.3 Å². The highest BCUT2D eigenvalue weighted by Crippen LogP contribution is 2.15. The molecule has 1 heterocycles. The van der Waals surface area contributed by atoms with Gasteiger partial charge in [-0.1, -0.05) is 30.3 Å². The second kappa shape index (κ2) is 7.41. The summed E-state index contributed by atoms with van der Waals surface area (Å²) in [7, 11) is 1.69. The smallest absolute Gasteiger partial charge is 0.241 e. The summed E-state index contributed by atoms with van der Waals surface area (Å²) in [5, 5.41) is 3.32. The van der Waals surface area contributed by atoms with Gasteiger partial charge in [0.2, 0.25) is 5.91 Å². The number of hydrogen-bond donors (Lipinski definition) is 1. The molecule has 1 amide bonds. The van der Waals surface area contributed by atoms with Crippen LogP contribution in [0, 0.1) is 0 Å². The molecule has 0 bridgehead atoms. The van der Waals surface area contributed by atoms with Crippen molar-refractivity contribution in [1.82, 2.24) is 10.2 Å². The van der Waals surface area contributed by atoms with Crippen LogP contribution in [-0.4, -0.2) is 43.3 Å². The Kier molecular flexibility index (Phi) is 5.56. The number of nitrogens with one attached hydrogen (secondary N) is 1. The average Bonchev–Trinajstić information content (AvgIpc) is 2.85. The van der Waals surface area contributed by atoms with Crippen molar-refractivity contribution in [2.45, 2.75) is 38.3 Å². The molecule has 0 aliphatic carbocycles.